The van der Waals surface area contributed by atoms with Gasteiger partial charge in [0.15, 0.2) is 0 Å². The second kappa shape index (κ2) is 10.3. The average Bonchev–Trinajstić information content (AvgIpc) is 2.66. The minimum atomic E-state index is -0.674. The lowest BCUT2D eigenvalue weighted by Gasteiger charge is -2.19. The first-order valence-corrected chi connectivity index (χ1v) is 9.88. The number of nitrogens with one attached hydrogen (secondary N) is 3. The lowest BCUT2D eigenvalue weighted by atomic mass is 10.1. The third-order valence-electron chi connectivity index (χ3n) is 3.72. The van der Waals surface area contributed by atoms with E-state index < -0.39 is 17.6 Å². The molecule has 7 nitrogen and oxygen atoms in total. The molecule has 0 saturated carbocycles. The fourth-order valence-electron chi connectivity index (χ4n) is 2.35. The molecule has 0 unspecified atom stereocenters. The summed E-state index contributed by atoms with van der Waals surface area (Å²) in [7, 11) is 0. The third kappa shape index (κ3) is 7.57. The number of carbonyl (C=O) groups is 3. The van der Waals surface area contributed by atoms with Crippen molar-refractivity contribution in [3.05, 3.63) is 63.6 Å². The first kappa shape index (κ1) is 23.5. The average molecular weight is 452 g/mol. The van der Waals surface area contributed by atoms with Crippen LogP contribution in [0.2, 0.25) is 10.0 Å². The molecule has 0 saturated heterocycles. The first-order valence-electron chi connectivity index (χ1n) is 9.13. The van der Waals surface area contributed by atoms with Gasteiger partial charge < -0.3 is 20.7 Å². The van der Waals surface area contributed by atoms with Gasteiger partial charge in [0, 0.05) is 17.8 Å². The van der Waals surface area contributed by atoms with Crippen molar-refractivity contribution in [1.29, 1.82) is 0 Å². The molecule has 0 aliphatic carbocycles. The van der Waals surface area contributed by atoms with Gasteiger partial charge in [0.2, 0.25) is 5.91 Å². The van der Waals surface area contributed by atoms with Crippen LogP contribution in [0.15, 0.2) is 42.5 Å². The van der Waals surface area contributed by atoms with Gasteiger partial charge >= 0.3 is 6.09 Å². The Morgan fingerprint density at radius 2 is 1.67 bits per heavy atom. The van der Waals surface area contributed by atoms with E-state index >= 15 is 0 Å². The van der Waals surface area contributed by atoms with E-state index in [0.717, 1.165) is 0 Å². The standard InChI is InChI=1S/C21H23Cl2N3O4/c1-21(2,3)30-20(29)25-12-18(27)24-11-14-6-4-5-7-17(14)26-19(28)13-8-9-15(22)16(23)10-13/h4-10H,11-12H2,1-3H3,(H,24,27)(H,25,29)(H,26,28). The minimum absolute atomic E-state index is 0.159. The van der Waals surface area contributed by atoms with Crippen molar-refractivity contribution < 1.29 is 19.1 Å². The van der Waals surface area contributed by atoms with E-state index in [-0.39, 0.29) is 24.0 Å². The Kier molecular flexibility index (Phi) is 8.08. The summed E-state index contributed by atoms with van der Waals surface area (Å²) in [5, 5.41) is 8.50. The van der Waals surface area contributed by atoms with Crippen LogP contribution in [-0.4, -0.2) is 30.1 Å². The Hall–Kier alpha value is -2.77. The number of rotatable bonds is 6. The van der Waals surface area contributed by atoms with Crippen molar-refractivity contribution >= 4 is 46.8 Å². The Morgan fingerprint density at radius 1 is 0.967 bits per heavy atom. The number of carbonyl (C=O) groups excluding carboxylic acids is 3. The highest BCUT2D eigenvalue weighted by molar-refractivity contribution is 6.42. The zero-order valence-electron chi connectivity index (χ0n) is 16.8. The number of amides is 3. The summed E-state index contributed by atoms with van der Waals surface area (Å²) in [4.78, 5) is 36.1. The number of halogens is 2. The molecule has 0 bridgehead atoms. The summed E-state index contributed by atoms with van der Waals surface area (Å²) in [5.41, 5.74) is 0.932. The summed E-state index contributed by atoms with van der Waals surface area (Å²) in [5.74, 6) is -0.759. The molecule has 160 valence electrons. The molecule has 2 aromatic carbocycles. The lowest BCUT2D eigenvalue weighted by molar-refractivity contribution is -0.120. The van der Waals surface area contributed by atoms with Gasteiger partial charge in [-0.1, -0.05) is 41.4 Å². The van der Waals surface area contributed by atoms with E-state index in [2.05, 4.69) is 16.0 Å². The quantitative estimate of drug-likeness (QED) is 0.606. The van der Waals surface area contributed by atoms with Crippen LogP contribution in [0.3, 0.4) is 0 Å². The van der Waals surface area contributed by atoms with Crippen LogP contribution >= 0.6 is 23.2 Å². The van der Waals surface area contributed by atoms with Gasteiger partial charge in [0.05, 0.1) is 10.0 Å². The molecule has 3 amide bonds. The van der Waals surface area contributed by atoms with Crippen LogP contribution in [0.25, 0.3) is 0 Å². The lowest BCUT2D eigenvalue weighted by Crippen LogP contribution is -2.39. The Bertz CT molecular complexity index is 942. The normalized spacial score (nSPS) is 10.8. The van der Waals surface area contributed by atoms with Gasteiger partial charge in [-0.25, -0.2) is 4.79 Å². The first-order chi connectivity index (χ1) is 14.0. The predicted octanol–water partition coefficient (Wildman–Crippen LogP) is 4.39. The van der Waals surface area contributed by atoms with Crippen molar-refractivity contribution in [2.24, 2.45) is 0 Å². The number of hydrogen-bond donors (Lipinski definition) is 3. The van der Waals surface area contributed by atoms with Gasteiger partial charge in [-0.15, -0.1) is 0 Å². The second-order valence-corrected chi connectivity index (χ2v) is 8.19. The number of benzene rings is 2. The van der Waals surface area contributed by atoms with E-state index in [4.69, 9.17) is 27.9 Å². The van der Waals surface area contributed by atoms with E-state index in [1.807, 2.05) is 0 Å². The van der Waals surface area contributed by atoms with E-state index in [9.17, 15) is 14.4 Å². The van der Waals surface area contributed by atoms with Crippen LogP contribution in [-0.2, 0) is 16.1 Å². The maximum Gasteiger partial charge on any atom is 0.408 e. The minimum Gasteiger partial charge on any atom is -0.444 e. The highest BCUT2D eigenvalue weighted by Gasteiger charge is 2.17. The summed E-state index contributed by atoms with van der Waals surface area (Å²) in [6, 6.07) is 11.6. The number of alkyl carbamates (subject to hydrolysis) is 1. The fourth-order valence-corrected chi connectivity index (χ4v) is 2.65. The highest BCUT2D eigenvalue weighted by atomic mass is 35.5. The maximum atomic E-state index is 12.5. The Balaban J connectivity index is 1.93. The van der Waals surface area contributed by atoms with Crippen molar-refractivity contribution in [2.75, 3.05) is 11.9 Å². The number of hydrogen-bond acceptors (Lipinski definition) is 4. The summed E-state index contributed by atoms with van der Waals surface area (Å²) in [6.45, 7) is 5.13. The second-order valence-electron chi connectivity index (χ2n) is 7.37. The van der Waals surface area contributed by atoms with Crippen LogP contribution in [0.4, 0.5) is 10.5 Å². The van der Waals surface area contributed by atoms with Gasteiger partial charge in [-0.2, -0.15) is 0 Å². The fraction of sp³-hybridized carbons (Fsp3) is 0.286. The molecule has 30 heavy (non-hydrogen) atoms. The molecule has 0 radical (unpaired) electrons. The predicted molar refractivity (Wildman–Crippen MR) is 117 cm³/mol. The molecule has 0 aliphatic heterocycles. The summed E-state index contributed by atoms with van der Waals surface area (Å²) < 4.78 is 5.08. The van der Waals surface area contributed by atoms with Crippen LogP contribution in [0.1, 0.15) is 36.7 Å². The van der Waals surface area contributed by atoms with Gasteiger partial charge in [0.25, 0.3) is 5.91 Å². The third-order valence-corrected chi connectivity index (χ3v) is 4.45. The molecule has 9 heteroatoms. The number of anilines is 1. The molecule has 0 spiro atoms. The SMILES string of the molecule is CC(C)(C)OC(=O)NCC(=O)NCc1ccccc1NC(=O)c1ccc(Cl)c(Cl)c1. The summed E-state index contributed by atoms with van der Waals surface area (Å²) in [6.07, 6.45) is -0.674. The van der Waals surface area contributed by atoms with Gasteiger partial charge in [-0.05, 0) is 50.6 Å². The monoisotopic (exact) mass is 451 g/mol. The highest BCUT2D eigenvalue weighted by Crippen LogP contribution is 2.23. The van der Waals surface area contributed by atoms with E-state index in [1.54, 1.807) is 57.2 Å². The zero-order chi connectivity index (χ0) is 22.3. The number of para-hydroxylation sites is 1. The molecule has 0 fully saturated rings. The van der Waals surface area contributed by atoms with Crippen LogP contribution < -0.4 is 16.0 Å². The molecule has 0 aromatic heterocycles. The maximum absolute atomic E-state index is 12.5. The molecule has 2 aromatic rings. The number of ether oxygens (including phenoxy) is 1. The molecule has 3 N–H and O–H groups in total. The molecule has 0 atom stereocenters. The van der Waals surface area contributed by atoms with Gasteiger partial charge in [-0.3, -0.25) is 9.59 Å². The Morgan fingerprint density at radius 3 is 2.33 bits per heavy atom. The van der Waals surface area contributed by atoms with E-state index in [0.29, 0.717) is 21.8 Å². The topological polar surface area (TPSA) is 96.5 Å². The summed E-state index contributed by atoms with van der Waals surface area (Å²) >= 11 is 11.8. The van der Waals surface area contributed by atoms with Crippen molar-refractivity contribution in [1.82, 2.24) is 10.6 Å². The van der Waals surface area contributed by atoms with Crippen LogP contribution in [0.5, 0.6) is 0 Å². The molecule has 2 rings (SSSR count). The molecular formula is C21H23Cl2N3O4. The molecule has 0 aliphatic rings. The van der Waals surface area contributed by atoms with Crippen molar-refractivity contribution in [3.8, 4) is 0 Å². The molecule has 0 heterocycles. The van der Waals surface area contributed by atoms with E-state index in [1.165, 1.54) is 6.07 Å². The Labute approximate surface area is 185 Å². The molecular weight excluding hydrogens is 429 g/mol. The van der Waals surface area contributed by atoms with Crippen molar-refractivity contribution in [3.63, 3.8) is 0 Å². The zero-order valence-corrected chi connectivity index (χ0v) is 18.4. The van der Waals surface area contributed by atoms with Gasteiger partial charge in [0.1, 0.15) is 12.1 Å². The smallest absolute Gasteiger partial charge is 0.408 e. The van der Waals surface area contributed by atoms with Crippen molar-refractivity contribution in [2.45, 2.75) is 32.9 Å². The van der Waals surface area contributed by atoms with Crippen LogP contribution in [0, 0.1) is 0 Å². The largest absolute Gasteiger partial charge is 0.444 e.